The van der Waals surface area contributed by atoms with Gasteiger partial charge in [-0.3, -0.25) is 4.79 Å². The Balaban J connectivity index is 1.96. The molecule has 0 saturated heterocycles. The van der Waals surface area contributed by atoms with Crippen molar-refractivity contribution in [2.45, 2.75) is 51.1 Å². The van der Waals surface area contributed by atoms with Gasteiger partial charge in [0.05, 0.1) is 0 Å². The third-order valence-electron chi connectivity index (χ3n) is 3.39. The maximum atomic E-state index is 11.2. The van der Waals surface area contributed by atoms with E-state index in [0.29, 0.717) is 6.04 Å². The van der Waals surface area contributed by atoms with Gasteiger partial charge in [0.2, 0.25) is 5.56 Å². The Morgan fingerprint density at radius 3 is 2.81 bits per heavy atom. The van der Waals surface area contributed by atoms with E-state index in [0.717, 1.165) is 5.56 Å². The molecule has 1 aliphatic rings. The number of aromatic nitrogens is 1. The van der Waals surface area contributed by atoms with Gasteiger partial charge >= 0.3 is 0 Å². The lowest BCUT2D eigenvalue weighted by Gasteiger charge is -2.26. The Morgan fingerprint density at radius 1 is 1.38 bits per heavy atom. The largest absolute Gasteiger partial charge is 0.329 e. The number of pyridine rings is 1. The molecular formula is C13H20N2O. The van der Waals surface area contributed by atoms with Crippen molar-refractivity contribution in [3.05, 3.63) is 34.2 Å². The predicted octanol–water partition coefficient (Wildman–Crippen LogP) is 2.36. The van der Waals surface area contributed by atoms with Gasteiger partial charge in [-0.05, 0) is 31.4 Å². The van der Waals surface area contributed by atoms with Crippen molar-refractivity contribution < 1.29 is 0 Å². The molecule has 0 amide bonds. The third-order valence-corrected chi connectivity index (χ3v) is 3.39. The average molecular weight is 220 g/mol. The van der Waals surface area contributed by atoms with Gasteiger partial charge in [-0.25, -0.2) is 0 Å². The monoisotopic (exact) mass is 220 g/mol. The fraction of sp³-hybridized carbons (Fsp3) is 0.615. The summed E-state index contributed by atoms with van der Waals surface area (Å²) >= 11 is 0. The summed E-state index contributed by atoms with van der Waals surface area (Å²) in [5.74, 6) is 0. The molecule has 0 unspecified atom stereocenters. The fourth-order valence-electron chi connectivity index (χ4n) is 2.45. The first-order valence-corrected chi connectivity index (χ1v) is 6.20. The van der Waals surface area contributed by atoms with Gasteiger partial charge in [0.15, 0.2) is 0 Å². The van der Waals surface area contributed by atoms with Crippen LogP contribution in [-0.4, -0.2) is 11.0 Å². The Hall–Kier alpha value is -1.09. The van der Waals surface area contributed by atoms with Crippen molar-refractivity contribution in [2.75, 3.05) is 0 Å². The summed E-state index contributed by atoms with van der Waals surface area (Å²) in [6.07, 6.45) is 8.30. The molecule has 3 heteroatoms. The molecule has 0 bridgehead atoms. The van der Waals surface area contributed by atoms with Gasteiger partial charge in [0.25, 0.3) is 0 Å². The number of rotatable bonds is 3. The average Bonchev–Trinajstić information content (AvgIpc) is 2.30. The topological polar surface area (TPSA) is 44.9 Å². The van der Waals surface area contributed by atoms with Crippen LogP contribution in [0.3, 0.4) is 0 Å². The normalized spacial score (nSPS) is 19.6. The Morgan fingerprint density at radius 2 is 2.12 bits per heavy atom. The molecule has 0 aromatic carbocycles. The second kappa shape index (κ2) is 5.30. The molecule has 1 atom stereocenters. The molecule has 0 spiro atoms. The lowest BCUT2D eigenvalue weighted by atomic mass is 9.94. The molecule has 2 rings (SSSR count). The summed E-state index contributed by atoms with van der Waals surface area (Å²) in [7, 11) is 0. The number of hydrogen-bond donors (Lipinski definition) is 2. The van der Waals surface area contributed by atoms with Gasteiger partial charge in [-0.2, -0.15) is 0 Å². The molecule has 1 saturated carbocycles. The Labute approximate surface area is 96.3 Å². The number of aromatic amines is 1. The maximum Gasteiger partial charge on any atom is 0.248 e. The van der Waals surface area contributed by atoms with Gasteiger partial charge in [0.1, 0.15) is 0 Å². The molecule has 16 heavy (non-hydrogen) atoms. The summed E-state index contributed by atoms with van der Waals surface area (Å²) < 4.78 is 0. The quantitative estimate of drug-likeness (QED) is 0.821. The zero-order valence-corrected chi connectivity index (χ0v) is 9.83. The van der Waals surface area contributed by atoms with E-state index in [1.54, 1.807) is 12.3 Å². The van der Waals surface area contributed by atoms with Crippen LogP contribution in [0.4, 0.5) is 0 Å². The van der Waals surface area contributed by atoms with E-state index in [-0.39, 0.29) is 11.6 Å². The highest BCUT2D eigenvalue weighted by Gasteiger charge is 2.16. The summed E-state index contributed by atoms with van der Waals surface area (Å²) in [6, 6.07) is 4.55. The third kappa shape index (κ3) is 2.95. The highest BCUT2D eigenvalue weighted by molar-refractivity contribution is 5.14. The van der Waals surface area contributed by atoms with Crippen LogP contribution in [0.15, 0.2) is 23.1 Å². The van der Waals surface area contributed by atoms with Crippen LogP contribution >= 0.6 is 0 Å². The van der Waals surface area contributed by atoms with E-state index in [4.69, 9.17) is 0 Å². The lowest BCUT2D eigenvalue weighted by molar-refractivity contribution is 0.347. The molecule has 2 N–H and O–H groups in total. The van der Waals surface area contributed by atoms with Crippen LogP contribution in [-0.2, 0) is 0 Å². The van der Waals surface area contributed by atoms with E-state index in [1.807, 2.05) is 6.07 Å². The van der Waals surface area contributed by atoms with Crippen LogP contribution in [0.5, 0.6) is 0 Å². The van der Waals surface area contributed by atoms with Crippen molar-refractivity contribution in [1.29, 1.82) is 0 Å². The van der Waals surface area contributed by atoms with Crippen LogP contribution in [0.1, 0.15) is 50.6 Å². The van der Waals surface area contributed by atoms with E-state index in [1.165, 1.54) is 32.1 Å². The first-order valence-electron chi connectivity index (χ1n) is 6.20. The molecule has 1 heterocycles. The molecule has 1 aliphatic carbocycles. The zero-order valence-electron chi connectivity index (χ0n) is 9.83. The number of hydrogen-bond acceptors (Lipinski definition) is 2. The van der Waals surface area contributed by atoms with E-state index >= 15 is 0 Å². The van der Waals surface area contributed by atoms with E-state index in [9.17, 15) is 4.79 Å². The molecule has 0 radical (unpaired) electrons. The Bertz CT molecular complexity index is 380. The van der Waals surface area contributed by atoms with Gasteiger partial charge in [-0.1, -0.05) is 19.3 Å². The Kier molecular flexibility index (Phi) is 3.78. The van der Waals surface area contributed by atoms with Crippen LogP contribution in [0, 0.1) is 0 Å². The molecule has 1 fully saturated rings. The summed E-state index contributed by atoms with van der Waals surface area (Å²) in [4.78, 5) is 13.9. The van der Waals surface area contributed by atoms with Crippen molar-refractivity contribution >= 4 is 0 Å². The zero-order chi connectivity index (χ0) is 11.4. The second-order valence-electron chi connectivity index (χ2n) is 4.71. The van der Waals surface area contributed by atoms with Gasteiger partial charge < -0.3 is 10.3 Å². The van der Waals surface area contributed by atoms with Crippen molar-refractivity contribution in [3.63, 3.8) is 0 Å². The predicted molar refractivity (Wildman–Crippen MR) is 65.5 cm³/mol. The van der Waals surface area contributed by atoms with Crippen molar-refractivity contribution in [3.8, 4) is 0 Å². The molecule has 1 aromatic heterocycles. The minimum absolute atomic E-state index is 0.0187. The summed E-state index contributed by atoms with van der Waals surface area (Å²) in [5, 5.41) is 3.61. The highest BCUT2D eigenvalue weighted by Crippen LogP contribution is 2.20. The fourth-order valence-corrected chi connectivity index (χ4v) is 2.45. The standard InChI is InChI=1S/C13H20N2O/c1-10(11-7-8-14-13(16)9-11)15-12-5-3-2-4-6-12/h7-10,12,15H,2-6H2,1H3,(H,14,16)/t10-/m0/s1. The van der Waals surface area contributed by atoms with Gasteiger partial charge in [-0.15, -0.1) is 0 Å². The minimum Gasteiger partial charge on any atom is -0.329 e. The SMILES string of the molecule is C[C@H](NC1CCCCC1)c1cc[nH]c(=O)c1. The number of nitrogens with one attached hydrogen (secondary N) is 2. The first-order chi connectivity index (χ1) is 7.75. The highest BCUT2D eigenvalue weighted by atomic mass is 16.1. The van der Waals surface area contributed by atoms with Crippen molar-refractivity contribution in [1.82, 2.24) is 10.3 Å². The summed E-state index contributed by atoms with van der Waals surface area (Å²) in [5.41, 5.74) is 1.06. The molecular weight excluding hydrogens is 200 g/mol. The maximum absolute atomic E-state index is 11.2. The first kappa shape index (κ1) is 11.4. The van der Waals surface area contributed by atoms with Crippen LogP contribution < -0.4 is 10.9 Å². The molecule has 88 valence electrons. The lowest BCUT2D eigenvalue weighted by Crippen LogP contribution is -2.33. The van der Waals surface area contributed by atoms with Crippen LogP contribution in [0.2, 0.25) is 0 Å². The van der Waals surface area contributed by atoms with Gasteiger partial charge in [0, 0.05) is 24.3 Å². The smallest absolute Gasteiger partial charge is 0.248 e. The molecule has 1 aromatic rings. The molecule has 3 nitrogen and oxygen atoms in total. The minimum atomic E-state index is -0.0187. The van der Waals surface area contributed by atoms with E-state index < -0.39 is 0 Å². The number of H-pyrrole nitrogens is 1. The second-order valence-corrected chi connectivity index (χ2v) is 4.71. The summed E-state index contributed by atoms with van der Waals surface area (Å²) in [6.45, 7) is 2.13. The van der Waals surface area contributed by atoms with E-state index in [2.05, 4.69) is 17.2 Å². The molecule has 0 aliphatic heterocycles. The van der Waals surface area contributed by atoms with Crippen molar-refractivity contribution in [2.24, 2.45) is 0 Å². The van der Waals surface area contributed by atoms with Crippen LogP contribution in [0.25, 0.3) is 0 Å².